The summed E-state index contributed by atoms with van der Waals surface area (Å²) in [4.78, 5) is 46.6. The molecule has 1 amide bonds. The summed E-state index contributed by atoms with van der Waals surface area (Å²) in [7, 11) is 0. The number of carbonyl (C=O) groups is 4. The molecule has 25 heavy (non-hydrogen) atoms. The highest BCUT2D eigenvalue weighted by molar-refractivity contribution is 6.26. The van der Waals surface area contributed by atoms with Gasteiger partial charge in [-0.1, -0.05) is 0 Å². The molecule has 0 aromatic carbocycles. The number of amides is 1. The smallest absolute Gasteiger partial charge is 0.410 e. The molecule has 0 saturated carbocycles. The molecule has 9 nitrogen and oxygen atoms in total. The highest BCUT2D eigenvalue weighted by Crippen LogP contribution is 2.16. The van der Waals surface area contributed by atoms with E-state index < -0.39 is 41.6 Å². The molecule has 142 valence electrons. The molecule has 0 aromatic heterocycles. The molecule has 0 aliphatic carbocycles. The summed E-state index contributed by atoms with van der Waals surface area (Å²) >= 11 is 0. The molecule has 0 bridgehead atoms. The standard InChI is InChI=1S/C16H26N2O7/c1-6-23-13(20)12(8-7-11(19)9-17)18-15(22)25-10(2)24-14(21)16(3,4)5/h9-10,12,17H,6-8H2,1-5H3,(H,18,22)/t10?,12-/m0/s1. The van der Waals surface area contributed by atoms with E-state index in [1.165, 1.54) is 6.92 Å². The first-order valence-electron chi connectivity index (χ1n) is 7.89. The zero-order chi connectivity index (χ0) is 19.6. The molecular formula is C16H26N2O7. The predicted molar refractivity (Wildman–Crippen MR) is 88.1 cm³/mol. The topological polar surface area (TPSA) is 132 Å². The molecule has 0 spiro atoms. The average molecular weight is 358 g/mol. The number of ether oxygens (including phenoxy) is 3. The predicted octanol–water partition coefficient (Wildman–Crippen LogP) is 1.58. The van der Waals surface area contributed by atoms with Crippen molar-refractivity contribution in [2.75, 3.05) is 6.61 Å². The van der Waals surface area contributed by atoms with Crippen molar-refractivity contribution in [1.29, 1.82) is 5.41 Å². The maximum absolute atomic E-state index is 11.9. The van der Waals surface area contributed by atoms with Crippen LogP contribution in [0.3, 0.4) is 0 Å². The van der Waals surface area contributed by atoms with Crippen LogP contribution in [0, 0.1) is 10.8 Å². The zero-order valence-electron chi connectivity index (χ0n) is 15.2. The van der Waals surface area contributed by atoms with Gasteiger partial charge in [0.05, 0.1) is 18.2 Å². The van der Waals surface area contributed by atoms with Gasteiger partial charge in [0, 0.05) is 13.3 Å². The quantitative estimate of drug-likeness (QED) is 0.363. The van der Waals surface area contributed by atoms with Gasteiger partial charge >= 0.3 is 18.0 Å². The van der Waals surface area contributed by atoms with Gasteiger partial charge in [0.25, 0.3) is 0 Å². The van der Waals surface area contributed by atoms with Crippen LogP contribution in [-0.4, -0.2) is 49.0 Å². The first-order valence-corrected chi connectivity index (χ1v) is 7.89. The molecule has 0 fully saturated rings. The Morgan fingerprint density at radius 1 is 1.16 bits per heavy atom. The maximum Gasteiger partial charge on any atom is 0.410 e. The van der Waals surface area contributed by atoms with Gasteiger partial charge in [-0.3, -0.25) is 9.59 Å². The second-order valence-corrected chi connectivity index (χ2v) is 6.23. The average Bonchev–Trinajstić information content (AvgIpc) is 2.49. The third kappa shape index (κ3) is 9.43. The van der Waals surface area contributed by atoms with Gasteiger partial charge in [-0.25, -0.2) is 9.59 Å². The van der Waals surface area contributed by atoms with Crippen LogP contribution in [0.4, 0.5) is 4.79 Å². The summed E-state index contributed by atoms with van der Waals surface area (Å²) in [6, 6.07) is -1.11. The fraction of sp³-hybridized carbons (Fsp3) is 0.688. The van der Waals surface area contributed by atoms with Crippen LogP contribution in [0.25, 0.3) is 0 Å². The second-order valence-electron chi connectivity index (χ2n) is 6.23. The van der Waals surface area contributed by atoms with Gasteiger partial charge in [-0.15, -0.1) is 0 Å². The summed E-state index contributed by atoms with van der Waals surface area (Å²) in [6.45, 7) is 8.02. The lowest BCUT2D eigenvalue weighted by molar-refractivity contribution is -0.174. The molecule has 2 atom stereocenters. The molecule has 0 heterocycles. The van der Waals surface area contributed by atoms with E-state index in [0.29, 0.717) is 6.21 Å². The van der Waals surface area contributed by atoms with E-state index in [1.807, 2.05) is 0 Å². The van der Waals surface area contributed by atoms with Gasteiger partial charge in [0.1, 0.15) is 6.04 Å². The number of hydrogen-bond acceptors (Lipinski definition) is 8. The molecule has 0 radical (unpaired) electrons. The van der Waals surface area contributed by atoms with Crippen molar-refractivity contribution in [2.24, 2.45) is 5.41 Å². The molecule has 0 rings (SSSR count). The van der Waals surface area contributed by atoms with Gasteiger partial charge in [0.15, 0.2) is 5.78 Å². The van der Waals surface area contributed by atoms with Crippen molar-refractivity contribution in [3.63, 3.8) is 0 Å². The van der Waals surface area contributed by atoms with Crippen LogP contribution in [0.1, 0.15) is 47.5 Å². The second kappa shape index (κ2) is 10.4. The molecule has 9 heteroatoms. The Labute approximate surface area is 146 Å². The summed E-state index contributed by atoms with van der Waals surface area (Å²) < 4.78 is 14.7. The molecule has 0 aliphatic rings. The van der Waals surface area contributed by atoms with E-state index in [-0.39, 0.29) is 19.4 Å². The third-order valence-corrected chi connectivity index (χ3v) is 2.86. The van der Waals surface area contributed by atoms with Crippen molar-refractivity contribution in [3.8, 4) is 0 Å². The molecule has 1 unspecified atom stereocenters. The number of Topliss-reactive ketones (excluding diaryl/α,β-unsaturated/α-hetero) is 1. The Bertz CT molecular complexity index is 511. The van der Waals surface area contributed by atoms with E-state index >= 15 is 0 Å². The minimum Gasteiger partial charge on any atom is -0.464 e. The van der Waals surface area contributed by atoms with Crippen LogP contribution < -0.4 is 5.32 Å². The van der Waals surface area contributed by atoms with Crippen LogP contribution in [0.2, 0.25) is 0 Å². The lowest BCUT2D eigenvalue weighted by atomic mass is 9.97. The first kappa shape index (κ1) is 22.6. The van der Waals surface area contributed by atoms with Crippen molar-refractivity contribution in [3.05, 3.63) is 0 Å². The Balaban J connectivity index is 4.68. The fourth-order valence-electron chi connectivity index (χ4n) is 1.53. The van der Waals surface area contributed by atoms with Crippen LogP contribution in [0.5, 0.6) is 0 Å². The molecule has 0 aliphatic heterocycles. The molecule has 0 saturated heterocycles. The van der Waals surface area contributed by atoms with Crippen molar-refractivity contribution in [1.82, 2.24) is 5.32 Å². The number of carbonyl (C=O) groups excluding carboxylic acids is 4. The summed E-state index contributed by atoms with van der Waals surface area (Å²) in [5.74, 6) is -1.76. The van der Waals surface area contributed by atoms with Gasteiger partial charge in [-0.05, 0) is 34.1 Å². The molecule has 2 N–H and O–H groups in total. The monoisotopic (exact) mass is 358 g/mol. The lowest BCUT2D eigenvalue weighted by Gasteiger charge is -2.22. The Kier molecular flexibility index (Phi) is 9.40. The van der Waals surface area contributed by atoms with E-state index in [1.54, 1.807) is 27.7 Å². The van der Waals surface area contributed by atoms with Gasteiger partial charge in [-0.2, -0.15) is 0 Å². The molecular weight excluding hydrogens is 332 g/mol. The van der Waals surface area contributed by atoms with E-state index in [2.05, 4.69) is 5.32 Å². The van der Waals surface area contributed by atoms with Crippen LogP contribution in [-0.2, 0) is 28.6 Å². The third-order valence-electron chi connectivity index (χ3n) is 2.86. The van der Waals surface area contributed by atoms with Gasteiger partial charge < -0.3 is 24.9 Å². The molecule has 0 aromatic rings. The van der Waals surface area contributed by atoms with E-state index in [0.717, 1.165) is 0 Å². The Morgan fingerprint density at radius 3 is 2.24 bits per heavy atom. The number of alkyl carbamates (subject to hydrolysis) is 1. The number of ketones is 1. The van der Waals surface area contributed by atoms with E-state index in [9.17, 15) is 19.2 Å². The van der Waals surface area contributed by atoms with Crippen molar-refractivity contribution >= 4 is 30.0 Å². The number of rotatable bonds is 9. The largest absolute Gasteiger partial charge is 0.464 e. The highest BCUT2D eigenvalue weighted by atomic mass is 16.7. The minimum absolute atomic E-state index is 0.0433. The fourth-order valence-corrected chi connectivity index (χ4v) is 1.53. The summed E-state index contributed by atoms with van der Waals surface area (Å²) in [5, 5.41) is 9.11. The first-order chi connectivity index (χ1) is 11.5. The summed E-state index contributed by atoms with van der Waals surface area (Å²) in [5.41, 5.74) is -0.755. The van der Waals surface area contributed by atoms with Crippen molar-refractivity contribution < 1.29 is 33.4 Å². The Hall–Kier alpha value is -2.45. The minimum atomic E-state index is -1.15. The van der Waals surface area contributed by atoms with Crippen LogP contribution >= 0.6 is 0 Å². The highest BCUT2D eigenvalue weighted by Gasteiger charge is 2.28. The normalized spacial score (nSPS) is 13.2. The number of nitrogens with one attached hydrogen (secondary N) is 2. The SMILES string of the molecule is CCOC(=O)[C@H](CCC(=O)C=N)NC(=O)OC(C)OC(=O)C(C)(C)C. The Morgan fingerprint density at radius 2 is 1.76 bits per heavy atom. The maximum atomic E-state index is 11.9. The lowest BCUT2D eigenvalue weighted by Crippen LogP contribution is -2.44. The number of esters is 2. The number of hydrogen-bond donors (Lipinski definition) is 2. The van der Waals surface area contributed by atoms with Gasteiger partial charge in [0.2, 0.25) is 6.29 Å². The van der Waals surface area contributed by atoms with E-state index in [4.69, 9.17) is 19.6 Å². The van der Waals surface area contributed by atoms with Crippen LogP contribution in [0.15, 0.2) is 0 Å². The summed E-state index contributed by atoms with van der Waals surface area (Å²) in [6.07, 6.45) is -1.67. The van der Waals surface area contributed by atoms with Crippen molar-refractivity contribution in [2.45, 2.75) is 59.8 Å². The zero-order valence-corrected chi connectivity index (χ0v) is 15.2.